The summed E-state index contributed by atoms with van der Waals surface area (Å²) in [6, 6.07) is 15.1. The number of carbonyl (C=O) groups is 1. The summed E-state index contributed by atoms with van der Waals surface area (Å²) in [5.74, 6) is -0.564. The quantitative estimate of drug-likeness (QED) is 0.390. The van der Waals surface area contributed by atoms with Gasteiger partial charge in [-0.1, -0.05) is 48.0 Å². The zero-order valence-electron chi connectivity index (χ0n) is 14.9. The van der Waals surface area contributed by atoms with Crippen LogP contribution in [0.1, 0.15) is 27.2 Å². The summed E-state index contributed by atoms with van der Waals surface area (Å²) in [5, 5.41) is 19.5. The van der Waals surface area contributed by atoms with Crippen molar-refractivity contribution < 1.29 is 9.72 Å². The number of aromatic nitrogens is 2. The lowest BCUT2D eigenvalue weighted by Crippen LogP contribution is -2.17. The molecule has 0 saturated carbocycles. The minimum atomic E-state index is -0.565. The molecule has 9 heteroatoms. The number of rotatable bonds is 6. The molecular weight excluding hydrogens is 382 g/mol. The molecule has 0 aliphatic carbocycles. The van der Waals surface area contributed by atoms with E-state index in [0.29, 0.717) is 23.0 Å². The van der Waals surface area contributed by atoms with Gasteiger partial charge in [-0.3, -0.25) is 14.9 Å². The van der Waals surface area contributed by atoms with Crippen LogP contribution in [0.3, 0.4) is 0 Å². The SMILES string of the molecule is Cc1nn(Cc2ccccc2)c(Cl)c1/C=N\NC(=O)c1cccc([N+](=O)[O-])c1. The second-order valence-corrected chi connectivity index (χ2v) is 6.30. The van der Waals surface area contributed by atoms with E-state index in [9.17, 15) is 14.9 Å². The number of hydrazone groups is 1. The highest BCUT2D eigenvalue weighted by molar-refractivity contribution is 6.32. The van der Waals surface area contributed by atoms with Crippen molar-refractivity contribution in [2.24, 2.45) is 5.10 Å². The fraction of sp³-hybridized carbons (Fsp3) is 0.105. The number of nitrogens with zero attached hydrogens (tertiary/aromatic N) is 4. The van der Waals surface area contributed by atoms with Gasteiger partial charge in [0.25, 0.3) is 11.6 Å². The number of halogens is 1. The highest BCUT2D eigenvalue weighted by Gasteiger charge is 2.13. The Morgan fingerprint density at radius 2 is 2.04 bits per heavy atom. The monoisotopic (exact) mass is 397 g/mol. The van der Waals surface area contributed by atoms with Gasteiger partial charge in [0.1, 0.15) is 5.15 Å². The van der Waals surface area contributed by atoms with Crippen LogP contribution in [0.25, 0.3) is 0 Å². The van der Waals surface area contributed by atoms with Crippen LogP contribution in [-0.2, 0) is 6.54 Å². The molecule has 0 fully saturated rings. The fourth-order valence-corrected chi connectivity index (χ4v) is 2.84. The summed E-state index contributed by atoms with van der Waals surface area (Å²) >= 11 is 6.39. The fourth-order valence-electron chi connectivity index (χ4n) is 2.56. The maximum atomic E-state index is 12.1. The van der Waals surface area contributed by atoms with Crippen LogP contribution in [0.4, 0.5) is 5.69 Å². The first-order valence-electron chi connectivity index (χ1n) is 8.30. The van der Waals surface area contributed by atoms with Gasteiger partial charge in [-0.25, -0.2) is 10.1 Å². The van der Waals surface area contributed by atoms with Gasteiger partial charge in [0.05, 0.1) is 28.9 Å². The Bertz CT molecular complexity index is 1050. The predicted molar refractivity (Wildman–Crippen MR) is 106 cm³/mol. The highest BCUT2D eigenvalue weighted by Crippen LogP contribution is 2.19. The smallest absolute Gasteiger partial charge is 0.267 e. The summed E-state index contributed by atoms with van der Waals surface area (Å²) in [7, 11) is 0. The van der Waals surface area contributed by atoms with Gasteiger partial charge in [-0.2, -0.15) is 10.2 Å². The molecule has 28 heavy (non-hydrogen) atoms. The number of hydrogen-bond donors (Lipinski definition) is 1. The van der Waals surface area contributed by atoms with E-state index < -0.39 is 10.8 Å². The van der Waals surface area contributed by atoms with Crippen LogP contribution < -0.4 is 5.43 Å². The minimum Gasteiger partial charge on any atom is -0.267 e. The largest absolute Gasteiger partial charge is 0.271 e. The molecule has 0 unspecified atom stereocenters. The van der Waals surface area contributed by atoms with Gasteiger partial charge in [0.2, 0.25) is 0 Å². The van der Waals surface area contributed by atoms with Crippen LogP contribution >= 0.6 is 11.6 Å². The molecule has 1 aromatic heterocycles. The molecule has 0 saturated heterocycles. The maximum absolute atomic E-state index is 12.1. The van der Waals surface area contributed by atoms with Crippen molar-refractivity contribution in [3.8, 4) is 0 Å². The maximum Gasteiger partial charge on any atom is 0.271 e. The summed E-state index contributed by atoms with van der Waals surface area (Å²) in [6.07, 6.45) is 1.40. The first kappa shape index (κ1) is 19.2. The Labute approximate surface area is 165 Å². The average molecular weight is 398 g/mol. The van der Waals surface area contributed by atoms with E-state index in [1.807, 2.05) is 30.3 Å². The van der Waals surface area contributed by atoms with Crippen LogP contribution in [0.15, 0.2) is 59.7 Å². The summed E-state index contributed by atoms with van der Waals surface area (Å²) < 4.78 is 1.65. The van der Waals surface area contributed by atoms with Crippen molar-refractivity contribution in [1.82, 2.24) is 15.2 Å². The van der Waals surface area contributed by atoms with E-state index in [-0.39, 0.29) is 11.3 Å². The normalized spacial score (nSPS) is 10.9. The lowest BCUT2D eigenvalue weighted by atomic mass is 10.2. The van der Waals surface area contributed by atoms with Gasteiger partial charge in [0.15, 0.2) is 0 Å². The van der Waals surface area contributed by atoms with Crippen molar-refractivity contribution in [2.45, 2.75) is 13.5 Å². The van der Waals surface area contributed by atoms with E-state index in [1.165, 1.54) is 30.5 Å². The second-order valence-electron chi connectivity index (χ2n) is 5.94. The number of hydrogen-bond acceptors (Lipinski definition) is 5. The number of nitro benzene ring substituents is 1. The predicted octanol–water partition coefficient (Wildman–Crippen LogP) is 3.57. The van der Waals surface area contributed by atoms with Crippen molar-refractivity contribution in [1.29, 1.82) is 0 Å². The first-order chi connectivity index (χ1) is 13.5. The van der Waals surface area contributed by atoms with E-state index in [0.717, 1.165) is 5.56 Å². The molecule has 1 N–H and O–H groups in total. The van der Waals surface area contributed by atoms with E-state index >= 15 is 0 Å². The van der Waals surface area contributed by atoms with Gasteiger partial charge < -0.3 is 0 Å². The zero-order chi connectivity index (χ0) is 20.1. The van der Waals surface area contributed by atoms with Gasteiger partial charge in [-0.05, 0) is 18.6 Å². The van der Waals surface area contributed by atoms with Gasteiger partial charge >= 0.3 is 0 Å². The molecule has 1 amide bonds. The number of non-ortho nitro benzene ring substituents is 1. The zero-order valence-corrected chi connectivity index (χ0v) is 15.6. The molecular formula is C19H16ClN5O3. The van der Waals surface area contributed by atoms with Crippen molar-refractivity contribution in [2.75, 3.05) is 0 Å². The Morgan fingerprint density at radius 1 is 1.29 bits per heavy atom. The van der Waals surface area contributed by atoms with Crippen molar-refractivity contribution in [3.05, 3.63) is 92.2 Å². The van der Waals surface area contributed by atoms with E-state index in [1.54, 1.807) is 11.6 Å². The number of carbonyl (C=O) groups excluding carboxylic acids is 1. The molecule has 0 atom stereocenters. The number of amides is 1. The van der Waals surface area contributed by atoms with E-state index in [4.69, 9.17) is 11.6 Å². The molecule has 1 heterocycles. The average Bonchev–Trinajstić information content (AvgIpc) is 2.96. The third-order valence-electron chi connectivity index (χ3n) is 3.96. The minimum absolute atomic E-state index is 0.133. The number of aryl methyl sites for hydroxylation is 1. The molecule has 8 nitrogen and oxygen atoms in total. The molecule has 0 aliphatic rings. The molecule has 0 bridgehead atoms. The van der Waals surface area contributed by atoms with Gasteiger partial charge in [0, 0.05) is 17.7 Å². The Balaban J connectivity index is 1.71. The molecule has 3 rings (SSSR count). The van der Waals surface area contributed by atoms with Crippen LogP contribution in [0, 0.1) is 17.0 Å². The first-order valence-corrected chi connectivity index (χ1v) is 8.68. The Hall–Kier alpha value is -3.52. The summed E-state index contributed by atoms with van der Waals surface area (Å²) in [6.45, 7) is 2.30. The third-order valence-corrected chi connectivity index (χ3v) is 4.36. The molecule has 0 spiro atoms. The van der Waals surface area contributed by atoms with Crippen molar-refractivity contribution in [3.63, 3.8) is 0 Å². The van der Waals surface area contributed by atoms with Gasteiger partial charge in [-0.15, -0.1) is 0 Å². The Morgan fingerprint density at radius 3 is 2.75 bits per heavy atom. The molecule has 0 radical (unpaired) electrons. The lowest BCUT2D eigenvalue weighted by Gasteiger charge is -2.03. The van der Waals surface area contributed by atoms with Crippen molar-refractivity contribution >= 4 is 29.4 Å². The van der Waals surface area contributed by atoms with Crippen LogP contribution in [0.2, 0.25) is 5.15 Å². The van der Waals surface area contributed by atoms with Crippen LogP contribution in [0.5, 0.6) is 0 Å². The summed E-state index contributed by atoms with van der Waals surface area (Å²) in [4.78, 5) is 22.4. The lowest BCUT2D eigenvalue weighted by molar-refractivity contribution is -0.384. The standard InChI is InChI=1S/C19H16ClN5O3/c1-13-17(18(20)24(23-13)12-14-6-3-2-4-7-14)11-21-22-19(26)15-8-5-9-16(10-15)25(27)28/h2-11H,12H2,1H3,(H,22,26)/b21-11-. The number of nitrogens with one attached hydrogen (secondary N) is 1. The number of nitro groups is 1. The summed E-state index contributed by atoms with van der Waals surface area (Å²) in [5.41, 5.74) is 4.60. The number of benzene rings is 2. The molecule has 2 aromatic carbocycles. The van der Waals surface area contributed by atoms with E-state index in [2.05, 4.69) is 15.6 Å². The van der Waals surface area contributed by atoms with Crippen LogP contribution in [-0.4, -0.2) is 26.8 Å². The second kappa shape index (κ2) is 8.45. The highest BCUT2D eigenvalue weighted by atomic mass is 35.5. The molecule has 142 valence electrons. The molecule has 0 aliphatic heterocycles. The third kappa shape index (κ3) is 4.41. The molecule has 3 aromatic rings. The topological polar surface area (TPSA) is 102 Å². The Kier molecular flexibility index (Phi) is 5.81.